The fourth-order valence-corrected chi connectivity index (χ4v) is 4.42. The number of hydrogen-bond acceptors (Lipinski definition) is 4. The zero-order chi connectivity index (χ0) is 18.5. The molecule has 1 saturated heterocycles. The van der Waals surface area contributed by atoms with Gasteiger partial charge in [-0.25, -0.2) is 0 Å². The van der Waals surface area contributed by atoms with E-state index in [0.29, 0.717) is 18.5 Å². The molecule has 1 aromatic rings. The van der Waals surface area contributed by atoms with Gasteiger partial charge in [-0.1, -0.05) is 25.8 Å². The summed E-state index contributed by atoms with van der Waals surface area (Å²) in [5.74, 6) is 2.24. The van der Waals surface area contributed by atoms with Crippen LogP contribution in [0.5, 0.6) is 11.5 Å². The highest BCUT2D eigenvalue weighted by atomic mass is 16.5. The second-order valence-electron chi connectivity index (χ2n) is 7.68. The minimum atomic E-state index is 0.163. The summed E-state index contributed by atoms with van der Waals surface area (Å²) in [5, 5.41) is 3.28. The van der Waals surface area contributed by atoms with Crippen LogP contribution in [-0.4, -0.2) is 44.2 Å². The molecule has 144 valence electrons. The van der Waals surface area contributed by atoms with E-state index in [-0.39, 0.29) is 11.9 Å². The Hall–Kier alpha value is -1.75. The lowest BCUT2D eigenvalue weighted by Gasteiger charge is -2.31. The molecule has 1 heterocycles. The molecule has 1 saturated carbocycles. The molecule has 1 amide bonds. The summed E-state index contributed by atoms with van der Waals surface area (Å²) in [5.41, 5.74) is 1.19. The first kappa shape index (κ1) is 19.0. The van der Waals surface area contributed by atoms with Crippen LogP contribution in [0.3, 0.4) is 0 Å². The number of nitrogens with one attached hydrogen (secondary N) is 1. The van der Waals surface area contributed by atoms with E-state index in [4.69, 9.17) is 9.47 Å². The molecule has 1 N–H and O–H groups in total. The van der Waals surface area contributed by atoms with Crippen LogP contribution in [0, 0.1) is 5.92 Å². The van der Waals surface area contributed by atoms with Gasteiger partial charge in [0.05, 0.1) is 20.8 Å². The molecular weight excluding hydrogens is 328 g/mol. The van der Waals surface area contributed by atoms with Crippen molar-refractivity contribution >= 4 is 5.91 Å². The van der Waals surface area contributed by atoms with Crippen molar-refractivity contribution in [1.82, 2.24) is 10.2 Å². The molecule has 1 aliphatic heterocycles. The number of nitrogens with zero attached hydrogens (tertiary/aromatic N) is 1. The monoisotopic (exact) mass is 360 g/mol. The minimum absolute atomic E-state index is 0.163. The number of carbonyl (C=O) groups excluding carboxylic acids is 1. The molecule has 1 aliphatic carbocycles. The zero-order valence-electron chi connectivity index (χ0n) is 16.3. The van der Waals surface area contributed by atoms with Gasteiger partial charge in [0.1, 0.15) is 0 Å². The first-order valence-corrected chi connectivity index (χ1v) is 9.87. The molecule has 2 fully saturated rings. The molecule has 0 aromatic heterocycles. The molecule has 3 atom stereocenters. The number of ether oxygens (including phenoxy) is 2. The van der Waals surface area contributed by atoms with E-state index in [2.05, 4.69) is 23.2 Å². The Bertz CT molecular complexity index is 619. The Morgan fingerprint density at radius 2 is 1.88 bits per heavy atom. The average Bonchev–Trinajstić information content (AvgIpc) is 3.11. The van der Waals surface area contributed by atoms with Crippen molar-refractivity contribution in [2.24, 2.45) is 5.92 Å². The Morgan fingerprint density at radius 3 is 2.62 bits per heavy atom. The number of carbonyl (C=O) groups is 1. The summed E-state index contributed by atoms with van der Waals surface area (Å²) in [4.78, 5) is 14.9. The van der Waals surface area contributed by atoms with Gasteiger partial charge in [-0.15, -0.1) is 0 Å². The SMILES string of the molecule is COc1ccc([C@@H]2CCCN2CC(=O)N[C@@H]2CCCC[C@H]2C)cc1OC. The molecule has 5 nitrogen and oxygen atoms in total. The predicted molar refractivity (Wildman–Crippen MR) is 103 cm³/mol. The van der Waals surface area contributed by atoms with Crippen LogP contribution >= 0.6 is 0 Å². The molecule has 0 radical (unpaired) electrons. The summed E-state index contributed by atoms with van der Waals surface area (Å²) >= 11 is 0. The summed E-state index contributed by atoms with van der Waals surface area (Å²) in [6.07, 6.45) is 7.05. The number of likely N-dealkylation sites (tertiary alicyclic amines) is 1. The lowest BCUT2D eigenvalue weighted by atomic mass is 9.86. The average molecular weight is 360 g/mol. The molecule has 0 unspecified atom stereocenters. The Balaban J connectivity index is 1.63. The first-order valence-electron chi connectivity index (χ1n) is 9.87. The normalized spacial score (nSPS) is 26.5. The third-order valence-corrected chi connectivity index (χ3v) is 5.96. The third-order valence-electron chi connectivity index (χ3n) is 5.96. The number of amides is 1. The van der Waals surface area contributed by atoms with Crippen molar-refractivity contribution in [2.75, 3.05) is 27.3 Å². The maximum absolute atomic E-state index is 12.6. The van der Waals surface area contributed by atoms with Crippen LogP contribution in [0.1, 0.15) is 57.1 Å². The van der Waals surface area contributed by atoms with Gasteiger partial charge in [-0.2, -0.15) is 0 Å². The Kier molecular flexibility index (Phi) is 6.41. The highest BCUT2D eigenvalue weighted by Crippen LogP contribution is 2.36. The third kappa shape index (κ3) is 4.32. The molecule has 0 spiro atoms. The fraction of sp³-hybridized carbons (Fsp3) is 0.667. The van der Waals surface area contributed by atoms with E-state index >= 15 is 0 Å². The lowest BCUT2D eigenvalue weighted by Crippen LogP contribution is -2.45. The van der Waals surface area contributed by atoms with Crippen LogP contribution in [0.2, 0.25) is 0 Å². The molecular formula is C21H32N2O3. The molecule has 1 aromatic carbocycles. The van der Waals surface area contributed by atoms with Crippen LogP contribution < -0.4 is 14.8 Å². The summed E-state index contributed by atoms with van der Waals surface area (Å²) < 4.78 is 10.8. The number of benzene rings is 1. The van der Waals surface area contributed by atoms with E-state index in [1.54, 1.807) is 14.2 Å². The smallest absolute Gasteiger partial charge is 0.234 e. The predicted octanol–water partition coefficient (Wildman–Crippen LogP) is 3.54. The van der Waals surface area contributed by atoms with Gasteiger partial charge < -0.3 is 14.8 Å². The van der Waals surface area contributed by atoms with Crippen molar-refractivity contribution in [3.8, 4) is 11.5 Å². The van der Waals surface area contributed by atoms with Gasteiger partial charge in [-0.05, 0) is 55.8 Å². The van der Waals surface area contributed by atoms with Crippen molar-refractivity contribution < 1.29 is 14.3 Å². The van der Waals surface area contributed by atoms with E-state index in [9.17, 15) is 4.79 Å². The highest BCUT2D eigenvalue weighted by Gasteiger charge is 2.30. The second-order valence-corrected chi connectivity index (χ2v) is 7.68. The quantitative estimate of drug-likeness (QED) is 0.843. The summed E-state index contributed by atoms with van der Waals surface area (Å²) in [7, 11) is 3.31. The molecule has 2 aliphatic rings. The Labute approximate surface area is 157 Å². The second kappa shape index (κ2) is 8.76. The van der Waals surface area contributed by atoms with E-state index in [1.165, 1.54) is 24.8 Å². The maximum Gasteiger partial charge on any atom is 0.234 e. The van der Waals surface area contributed by atoms with Gasteiger partial charge in [0, 0.05) is 12.1 Å². The maximum atomic E-state index is 12.6. The van der Waals surface area contributed by atoms with Gasteiger partial charge in [0.2, 0.25) is 5.91 Å². The van der Waals surface area contributed by atoms with E-state index < -0.39 is 0 Å². The summed E-state index contributed by atoms with van der Waals surface area (Å²) in [6.45, 7) is 3.70. The number of hydrogen-bond donors (Lipinski definition) is 1. The van der Waals surface area contributed by atoms with Crippen molar-refractivity contribution in [1.29, 1.82) is 0 Å². The largest absolute Gasteiger partial charge is 0.493 e. The molecule has 0 bridgehead atoms. The highest BCUT2D eigenvalue weighted by molar-refractivity contribution is 5.78. The first-order chi connectivity index (χ1) is 12.6. The topological polar surface area (TPSA) is 50.8 Å². The van der Waals surface area contributed by atoms with Gasteiger partial charge in [0.25, 0.3) is 0 Å². The van der Waals surface area contributed by atoms with Gasteiger partial charge >= 0.3 is 0 Å². The lowest BCUT2D eigenvalue weighted by molar-refractivity contribution is -0.123. The zero-order valence-corrected chi connectivity index (χ0v) is 16.3. The summed E-state index contributed by atoms with van der Waals surface area (Å²) in [6, 6.07) is 6.70. The molecule has 26 heavy (non-hydrogen) atoms. The van der Waals surface area contributed by atoms with Crippen LogP contribution in [0.4, 0.5) is 0 Å². The van der Waals surface area contributed by atoms with Crippen molar-refractivity contribution in [3.63, 3.8) is 0 Å². The number of methoxy groups -OCH3 is 2. The van der Waals surface area contributed by atoms with Crippen molar-refractivity contribution in [3.05, 3.63) is 23.8 Å². The minimum Gasteiger partial charge on any atom is -0.493 e. The van der Waals surface area contributed by atoms with Crippen molar-refractivity contribution in [2.45, 2.75) is 57.5 Å². The molecule has 3 rings (SSSR count). The number of rotatable bonds is 6. The van der Waals surface area contributed by atoms with Crippen LogP contribution in [0.15, 0.2) is 18.2 Å². The molecule has 5 heteroatoms. The van der Waals surface area contributed by atoms with Gasteiger partial charge in [0.15, 0.2) is 11.5 Å². The van der Waals surface area contributed by atoms with E-state index in [0.717, 1.165) is 37.3 Å². The Morgan fingerprint density at radius 1 is 1.12 bits per heavy atom. The van der Waals surface area contributed by atoms with Crippen LogP contribution in [-0.2, 0) is 4.79 Å². The van der Waals surface area contributed by atoms with Crippen LogP contribution in [0.25, 0.3) is 0 Å². The van der Waals surface area contributed by atoms with Gasteiger partial charge in [-0.3, -0.25) is 9.69 Å². The van der Waals surface area contributed by atoms with E-state index in [1.807, 2.05) is 12.1 Å². The standard InChI is InChI=1S/C21H32N2O3/c1-15-7-4-5-8-17(15)22-21(24)14-23-12-6-9-18(23)16-10-11-19(25-2)20(13-16)26-3/h10-11,13,15,17-18H,4-9,12,14H2,1-3H3,(H,22,24)/t15-,17-,18+/m1/s1. The fourth-order valence-electron chi connectivity index (χ4n) is 4.42.